The van der Waals surface area contributed by atoms with Crippen LogP contribution in [0.25, 0.3) is 6.08 Å². The third-order valence-electron chi connectivity index (χ3n) is 5.40. The van der Waals surface area contributed by atoms with Crippen LogP contribution in [0.15, 0.2) is 60.0 Å². The summed E-state index contributed by atoms with van der Waals surface area (Å²) in [5, 5.41) is 1.24. The van der Waals surface area contributed by atoms with Crippen LogP contribution in [-0.4, -0.2) is 56.3 Å². The van der Waals surface area contributed by atoms with E-state index in [2.05, 4.69) is 0 Å². The van der Waals surface area contributed by atoms with Gasteiger partial charge in [-0.3, -0.25) is 4.79 Å². The molecule has 2 fully saturated rings. The van der Waals surface area contributed by atoms with Crippen LogP contribution in [-0.2, 0) is 10.0 Å². The monoisotopic (exact) mass is 426 g/mol. The van der Waals surface area contributed by atoms with Gasteiger partial charge in [-0.15, -0.1) is 0 Å². The molecule has 0 spiro atoms. The summed E-state index contributed by atoms with van der Waals surface area (Å²) < 4.78 is 32.3. The molecular formula is C23H26N2O4S. The molecule has 0 N–H and O–H groups in total. The molecule has 1 aliphatic carbocycles. The van der Waals surface area contributed by atoms with E-state index in [4.69, 9.17) is 4.74 Å². The molecule has 2 aromatic carbocycles. The standard InChI is InChI=1S/C23H26N2O4S/c26-23(21-8-10-22(11-9-21)29-18-20-6-7-20)24-13-15-25(16-14-24)30(27,28)17-12-19-4-2-1-3-5-19/h1-5,8-12,17,20H,6-7,13-16,18H2/b17-12+. The summed E-state index contributed by atoms with van der Waals surface area (Å²) in [6.07, 6.45) is 4.07. The van der Waals surface area contributed by atoms with E-state index in [1.54, 1.807) is 23.1 Å². The van der Waals surface area contributed by atoms with Gasteiger partial charge in [0.05, 0.1) is 6.61 Å². The summed E-state index contributed by atoms with van der Waals surface area (Å²) in [6.45, 7) is 2.06. The number of ether oxygens (including phenoxy) is 1. The third kappa shape index (κ3) is 5.29. The molecule has 6 nitrogen and oxygen atoms in total. The molecule has 1 aliphatic heterocycles. The lowest BCUT2D eigenvalue weighted by molar-refractivity contribution is 0.0698. The quantitative estimate of drug-likeness (QED) is 0.682. The van der Waals surface area contributed by atoms with E-state index in [9.17, 15) is 13.2 Å². The van der Waals surface area contributed by atoms with E-state index >= 15 is 0 Å². The van der Waals surface area contributed by atoms with Gasteiger partial charge in [-0.05, 0) is 54.7 Å². The Bertz CT molecular complexity index is 991. The number of rotatable bonds is 7. The number of hydrogen-bond acceptors (Lipinski definition) is 4. The Morgan fingerprint density at radius 1 is 0.967 bits per heavy atom. The van der Waals surface area contributed by atoms with Gasteiger partial charge in [-0.25, -0.2) is 8.42 Å². The van der Waals surface area contributed by atoms with Gasteiger partial charge in [0.15, 0.2) is 0 Å². The molecule has 0 aromatic heterocycles. The highest BCUT2D eigenvalue weighted by molar-refractivity contribution is 7.92. The van der Waals surface area contributed by atoms with Gasteiger partial charge in [0.2, 0.25) is 10.0 Å². The van der Waals surface area contributed by atoms with Gasteiger partial charge in [0, 0.05) is 37.2 Å². The van der Waals surface area contributed by atoms with E-state index < -0.39 is 10.0 Å². The normalized spacial score (nSPS) is 17.9. The molecule has 7 heteroatoms. The molecule has 0 bridgehead atoms. The second-order valence-electron chi connectivity index (χ2n) is 7.73. The first-order valence-electron chi connectivity index (χ1n) is 10.3. The lowest BCUT2D eigenvalue weighted by Crippen LogP contribution is -2.50. The molecule has 2 aromatic rings. The average molecular weight is 427 g/mol. The highest BCUT2D eigenvalue weighted by Crippen LogP contribution is 2.29. The topological polar surface area (TPSA) is 66.9 Å². The zero-order chi connectivity index (χ0) is 21.0. The van der Waals surface area contributed by atoms with Crippen molar-refractivity contribution in [3.63, 3.8) is 0 Å². The lowest BCUT2D eigenvalue weighted by Gasteiger charge is -2.33. The van der Waals surface area contributed by atoms with Gasteiger partial charge >= 0.3 is 0 Å². The van der Waals surface area contributed by atoms with Crippen LogP contribution in [0.3, 0.4) is 0 Å². The number of hydrogen-bond donors (Lipinski definition) is 0. The number of nitrogens with zero attached hydrogens (tertiary/aromatic N) is 2. The van der Waals surface area contributed by atoms with E-state index in [-0.39, 0.29) is 19.0 Å². The van der Waals surface area contributed by atoms with Crippen molar-refractivity contribution in [1.29, 1.82) is 0 Å². The van der Waals surface area contributed by atoms with Gasteiger partial charge in [0.25, 0.3) is 5.91 Å². The number of carbonyl (C=O) groups is 1. The molecule has 1 heterocycles. The highest BCUT2D eigenvalue weighted by Gasteiger charge is 2.28. The minimum Gasteiger partial charge on any atom is -0.493 e. The van der Waals surface area contributed by atoms with Crippen molar-refractivity contribution < 1.29 is 17.9 Å². The summed E-state index contributed by atoms with van der Waals surface area (Å²) in [6, 6.07) is 16.5. The van der Waals surface area contributed by atoms with Crippen LogP contribution in [0.5, 0.6) is 5.75 Å². The maximum absolute atomic E-state index is 12.8. The predicted octanol–water partition coefficient (Wildman–Crippen LogP) is 3.23. The number of piperazine rings is 1. The molecule has 4 rings (SSSR count). The molecule has 1 amide bonds. The highest BCUT2D eigenvalue weighted by atomic mass is 32.2. The first-order chi connectivity index (χ1) is 14.5. The fraction of sp³-hybridized carbons (Fsp3) is 0.348. The van der Waals surface area contributed by atoms with Crippen molar-refractivity contribution in [3.8, 4) is 5.75 Å². The fourth-order valence-corrected chi connectivity index (χ4v) is 4.51. The largest absolute Gasteiger partial charge is 0.493 e. The van der Waals surface area contributed by atoms with E-state index in [1.807, 2.05) is 42.5 Å². The summed E-state index contributed by atoms with van der Waals surface area (Å²) in [5.41, 5.74) is 1.42. The van der Waals surface area contributed by atoms with Crippen LogP contribution in [0.1, 0.15) is 28.8 Å². The molecule has 2 aliphatic rings. The van der Waals surface area contributed by atoms with Crippen LogP contribution >= 0.6 is 0 Å². The van der Waals surface area contributed by atoms with Crippen LogP contribution in [0.2, 0.25) is 0 Å². The summed E-state index contributed by atoms with van der Waals surface area (Å²) in [4.78, 5) is 14.5. The van der Waals surface area contributed by atoms with Gasteiger partial charge in [0.1, 0.15) is 5.75 Å². The minimum atomic E-state index is -3.51. The SMILES string of the molecule is O=C(c1ccc(OCC2CC2)cc1)N1CCN(S(=O)(=O)/C=C/c2ccccc2)CC1. The van der Waals surface area contributed by atoms with E-state index in [0.29, 0.717) is 24.6 Å². The van der Waals surface area contributed by atoms with Crippen LogP contribution in [0, 0.1) is 5.92 Å². The van der Waals surface area contributed by atoms with Crippen molar-refractivity contribution in [2.45, 2.75) is 12.8 Å². The molecule has 0 unspecified atom stereocenters. The van der Waals surface area contributed by atoms with Crippen molar-refractivity contribution >= 4 is 22.0 Å². The summed E-state index contributed by atoms with van der Waals surface area (Å²) >= 11 is 0. The molecular weight excluding hydrogens is 400 g/mol. The zero-order valence-corrected chi connectivity index (χ0v) is 17.6. The number of sulfonamides is 1. The number of benzene rings is 2. The smallest absolute Gasteiger partial charge is 0.253 e. The third-order valence-corrected chi connectivity index (χ3v) is 6.97. The van der Waals surface area contributed by atoms with Crippen LogP contribution < -0.4 is 4.74 Å². The first-order valence-corrected chi connectivity index (χ1v) is 11.8. The zero-order valence-electron chi connectivity index (χ0n) is 16.8. The lowest BCUT2D eigenvalue weighted by atomic mass is 10.2. The van der Waals surface area contributed by atoms with Crippen molar-refractivity contribution in [2.75, 3.05) is 32.8 Å². The summed E-state index contributed by atoms with van der Waals surface area (Å²) in [5.74, 6) is 1.38. The molecule has 158 valence electrons. The van der Waals surface area contributed by atoms with Crippen molar-refractivity contribution in [3.05, 3.63) is 71.1 Å². The van der Waals surface area contributed by atoms with E-state index in [1.165, 1.54) is 22.6 Å². The Hall–Kier alpha value is -2.64. The Labute approximate surface area is 177 Å². The molecule has 1 saturated carbocycles. The second kappa shape index (κ2) is 9.02. The first kappa shape index (κ1) is 20.6. The Morgan fingerprint density at radius 3 is 2.27 bits per heavy atom. The maximum atomic E-state index is 12.8. The van der Waals surface area contributed by atoms with Crippen LogP contribution in [0.4, 0.5) is 0 Å². The molecule has 0 atom stereocenters. The molecule has 1 saturated heterocycles. The minimum absolute atomic E-state index is 0.0828. The van der Waals surface area contributed by atoms with Crippen molar-refractivity contribution in [1.82, 2.24) is 9.21 Å². The Balaban J connectivity index is 1.31. The van der Waals surface area contributed by atoms with E-state index in [0.717, 1.165) is 17.9 Å². The molecule has 30 heavy (non-hydrogen) atoms. The van der Waals surface area contributed by atoms with Gasteiger partial charge in [-0.2, -0.15) is 4.31 Å². The summed E-state index contributed by atoms with van der Waals surface area (Å²) in [7, 11) is -3.51. The maximum Gasteiger partial charge on any atom is 0.253 e. The number of amides is 1. The average Bonchev–Trinajstić information content (AvgIpc) is 3.62. The Kier molecular flexibility index (Phi) is 6.20. The second-order valence-corrected chi connectivity index (χ2v) is 9.55. The van der Waals surface area contributed by atoms with Gasteiger partial charge in [-0.1, -0.05) is 30.3 Å². The van der Waals surface area contributed by atoms with Crippen molar-refractivity contribution in [2.24, 2.45) is 5.92 Å². The number of carbonyl (C=O) groups excluding carboxylic acids is 1. The fourth-order valence-electron chi connectivity index (χ4n) is 3.34. The predicted molar refractivity (Wildman–Crippen MR) is 117 cm³/mol. The molecule has 0 radical (unpaired) electrons. The Morgan fingerprint density at radius 2 is 1.63 bits per heavy atom. The van der Waals surface area contributed by atoms with Gasteiger partial charge < -0.3 is 9.64 Å².